The van der Waals surface area contributed by atoms with Crippen LogP contribution >= 0.6 is 0 Å². The summed E-state index contributed by atoms with van der Waals surface area (Å²) in [5, 5.41) is 6.73. The number of nitrogens with one attached hydrogen (secondary N) is 2. The van der Waals surface area contributed by atoms with E-state index in [0.29, 0.717) is 6.04 Å². The second-order valence-corrected chi connectivity index (χ2v) is 3.63. The Hall–Kier alpha value is -0.860. The monoisotopic (exact) mass is 176 g/mol. The Morgan fingerprint density at radius 1 is 1.23 bits per heavy atom. The van der Waals surface area contributed by atoms with Crippen LogP contribution in [0.25, 0.3) is 0 Å². The molecular formula is C11H16N2. The molecule has 0 radical (unpaired) electrons. The maximum Gasteiger partial charge on any atom is 0.0459 e. The second-order valence-electron chi connectivity index (χ2n) is 3.63. The van der Waals surface area contributed by atoms with Gasteiger partial charge in [-0.1, -0.05) is 29.8 Å². The summed E-state index contributed by atoms with van der Waals surface area (Å²) in [6.07, 6.45) is 1.18. The van der Waals surface area contributed by atoms with Gasteiger partial charge in [0.05, 0.1) is 0 Å². The quantitative estimate of drug-likeness (QED) is 0.679. The molecule has 13 heavy (non-hydrogen) atoms. The molecule has 1 unspecified atom stereocenters. The van der Waals surface area contributed by atoms with E-state index >= 15 is 0 Å². The zero-order valence-electron chi connectivity index (χ0n) is 8.01. The molecule has 1 aromatic rings. The first-order valence-electron chi connectivity index (χ1n) is 4.87. The van der Waals surface area contributed by atoms with E-state index in [9.17, 15) is 0 Å². The number of benzene rings is 1. The Bertz CT molecular complexity index is 260. The van der Waals surface area contributed by atoms with E-state index in [1.165, 1.54) is 17.5 Å². The van der Waals surface area contributed by atoms with Gasteiger partial charge < -0.3 is 5.32 Å². The lowest BCUT2D eigenvalue weighted by Gasteiger charge is -2.24. The molecule has 1 aliphatic heterocycles. The Morgan fingerprint density at radius 3 is 2.62 bits per heavy atom. The predicted molar refractivity (Wildman–Crippen MR) is 54.5 cm³/mol. The van der Waals surface area contributed by atoms with E-state index in [4.69, 9.17) is 0 Å². The molecule has 0 amide bonds. The van der Waals surface area contributed by atoms with Crippen LogP contribution in [-0.4, -0.2) is 13.2 Å². The summed E-state index contributed by atoms with van der Waals surface area (Å²) in [6, 6.07) is 9.34. The summed E-state index contributed by atoms with van der Waals surface area (Å²) < 4.78 is 0. The lowest BCUT2D eigenvalue weighted by atomic mass is 10.0. The average Bonchev–Trinajstić information content (AvgIpc) is 2.20. The van der Waals surface area contributed by atoms with Gasteiger partial charge in [0.15, 0.2) is 0 Å². The molecule has 1 fully saturated rings. The molecular weight excluding hydrogens is 160 g/mol. The average molecular weight is 176 g/mol. The fourth-order valence-corrected chi connectivity index (χ4v) is 1.72. The molecule has 2 nitrogen and oxygen atoms in total. The summed E-state index contributed by atoms with van der Waals surface area (Å²) >= 11 is 0. The third kappa shape index (κ3) is 2.08. The maximum absolute atomic E-state index is 3.44. The highest BCUT2D eigenvalue weighted by Gasteiger charge is 2.12. The van der Waals surface area contributed by atoms with Crippen molar-refractivity contribution in [1.82, 2.24) is 10.6 Å². The van der Waals surface area contributed by atoms with E-state index < -0.39 is 0 Å². The van der Waals surface area contributed by atoms with Gasteiger partial charge in [0.2, 0.25) is 0 Å². The third-order valence-corrected chi connectivity index (χ3v) is 2.56. The van der Waals surface area contributed by atoms with Gasteiger partial charge >= 0.3 is 0 Å². The minimum atomic E-state index is 0.543. The molecule has 1 saturated heterocycles. The summed E-state index contributed by atoms with van der Waals surface area (Å²) in [5.74, 6) is 0. The van der Waals surface area contributed by atoms with Crippen LogP contribution < -0.4 is 10.6 Å². The lowest BCUT2D eigenvalue weighted by molar-refractivity contribution is 0.398. The van der Waals surface area contributed by atoms with E-state index in [-0.39, 0.29) is 0 Å². The molecule has 1 heterocycles. The van der Waals surface area contributed by atoms with Crippen LogP contribution in [0.15, 0.2) is 24.3 Å². The van der Waals surface area contributed by atoms with Crippen LogP contribution in [0.4, 0.5) is 0 Å². The molecule has 70 valence electrons. The second kappa shape index (κ2) is 3.90. The van der Waals surface area contributed by atoms with Crippen molar-refractivity contribution in [2.75, 3.05) is 13.2 Å². The van der Waals surface area contributed by atoms with Crippen LogP contribution in [0.2, 0.25) is 0 Å². The van der Waals surface area contributed by atoms with Gasteiger partial charge in [0, 0.05) is 12.7 Å². The Balaban J connectivity index is 2.10. The minimum absolute atomic E-state index is 0.543. The Labute approximate surface area is 79.4 Å². The van der Waals surface area contributed by atoms with Gasteiger partial charge in [-0.05, 0) is 25.5 Å². The third-order valence-electron chi connectivity index (χ3n) is 2.56. The van der Waals surface area contributed by atoms with Crippen LogP contribution in [0, 0.1) is 6.92 Å². The first-order valence-corrected chi connectivity index (χ1v) is 4.87. The molecule has 2 N–H and O–H groups in total. The summed E-state index contributed by atoms with van der Waals surface area (Å²) in [4.78, 5) is 0. The minimum Gasteiger partial charge on any atom is -0.304 e. The lowest BCUT2D eigenvalue weighted by Crippen LogP contribution is -2.39. The number of rotatable bonds is 1. The fraction of sp³-hybridized carbons (Fsp3) is 0.455. The summed E-state index contributed by atoms with van der Waals surface area (Å²) in [7, 11) is 0. The molecule has 0 aromatic heterocycles. The standard InChI is InChI=1S/C11H16N2/c1-9-2-4-10(5-3-9)11-6-7-12-8-13-11/h2-5,11-13H,6-8H2,1H3. The van der Waals surface area contributed by atoms with Crippen molar-refractivity contribution in [3.8, 4) is 0 Å². The van der Waals surface area contributed by atoms with Gasteiger partial charge in [-0.15, -0.1) is 0 Å². The van der Waals surface area contributed by atoms with Gasteiger partial charge in [0.1, 0.15) is 0 Å². The molecule has 0 spiro atoms. The van der Waals surface area contributed by atoms with Crippen molar-refractivity contribution >= 4 is 0 Å². The van der Waals surface area contributed by atoms with Gasteiger partial charge in [-0.25, -0.2) is 0 Å². The number of hydrogen-bond donors (Lipinski definition) is 2. The highest BCUT2D eigenvalue weighted by molar-refractivity contribution is 5.24. The first-order chi connectivity index (χ1) is 6.36. The molecule has 1 aromatic carbocycles. The fourth-order valence-electron chi connectivity index (χ4n) is 1.72. The van der Waals surface area contributed by atoms with Crippen molar-refractivity contribution < 1.29 is 0 Å². The highest BCUT2D eigenvalue weighted by Crippen LogP contribution is 2.17. The van der Waals surface area contributed by atoms with Crippen molar-refractivity contribution in [3.05, 3.63) is 35.4 Å². The molecule has 0 bridgehead atoms. The molecule has 1 aliphatic rings. The molecule has 1 atom stereocenters. The summed E-state index contributed by atoms with van der Waals surface area (Å²) in [5.41, 5.74) is 2.74. The number of aryl methyl sites for hydroxylation is 1. The normalized spacial score (nSPS) is 23.0. The Kier molecular flexibility index (Phi) is 2.62. The molecule has 0 saturated carbocycles. The van der Waals surface area contributed by atoms with Crippen molar-refractivity contribution in [2.45, 2.75) is 19.4 Å². The van der Waals surface area contributed by atoms with E-state index in [0.717, 1.165) is 13.2 Å². The van der Waals surface area contributed by atoms with Crippen LogP contribution in [0.1, 0.15) is 23.6 Å². The van der Waals surface area contributed by atoms with Crippen LogP contribution in [0.5, 0.6) is 0 Å². The van der Waals surface area contributed by atoms with Crippen LogP contribution in [-0.2, 0) is 0 Å². The molecule has 2 heteroatoms. The predicted octanol–water partition coefficient (Wildman–Crippen LogP) is 1.58. The molecule has 0 aliphatic carbocycles. The highest BCUT2D eigenvalue weighted by atomic mass is 15.1. The van der Waals surface area contributed by atoms with E-state index in [1.54, 1.807) is 0 Å². The number of hydrogen-bond acceptors (Lipinski definition) is 2. The van der Waals surface area contributed by atoms with Crippen molar-refractivity contribution in [3.63, 3.8) is 0 Å². The topological polar surface area (TPSA) is 24.1 Å². The maximum atomic E-state index is 3.44. The smallest absolute Gasteiger partial charge is 0.0459 e. The first kappa shape index (κ1) is 8.73. The van der Waals surface area contributed by atoms with E-state index in [1.807, 2.05) is 0 Å². The van der Waals surface area contributed by atoms with Crippen molar-refractivity contribution in [1.29, 1.82) is 0 Å². The zero-order chi connectivity index (χ0) is 9.10. The zero-order valence-corrected chi connectivity index (χ0v) is 8.01. The largest absolute Gasteiger partial charge is 0.304 e. The van der Waals surface area contributed by atoms with Crippen LogP contribution in [0.3, 0.4) is 0 Å². The van der Waals surface area contributed by atoms with Gasteiger partial charge in [0.25, 0.3) is 0 Å². The van der Waals surface area contributed by atoms with Gasteiger partial charge in [-0.2, -0.15) is 0 Å². The van der Waals surface area contributed by atoms with Gasteiger partial charge in [-0.3, -0.25) is 5.32 Å². The molecule has 2 rings (SSSR count). The van der Waals surface area contributed by atoms with Crippen molar-refractivity contribution in [2.24, 2.45) is 0 Å². The summed E-state index contributed by atoms with van der Waals surface area (Å²) in [6.45, 7) is 4.17. The van der Waals surface area contributed by atoms with E-state index in [2.05, 4.69) is 41.8 Å². The Morgan fingerprint density at radius 2 is 2.00 bits per heavy atom. The SMILES string of the molecule is Cc1ccc(C2CCNCN2)cc1.